The molecule has 2 atom stereocenters. The van der Waals surface area contributed by atoms with Crippen molar-refractivity contribution < 1.29 is 19.1 Å². The summed E-state index contributed by atoms with van der Waals surface area (Å²) in [5.41, 5.74) is 5.18. The Balaban J connectivity index is 2.27. The van der Waals surface area contributed by atoms with Crippen LogP contribution in [0.1, 0.15) is 46.5 Å². The van der Waals surface area contributed by atoms with Gasteiger partial charge < -0.3 is 10.5 Å². The van der Waals surface area contributed by atoms with Crippen molar-refractivity contribution in [3.8, 4) is 0 Å². The van der Waals surface area contributed by atoms with Gasteiger partial charge in [0.2, 0.25) is 5.91 Å². The Hall–Kier alpha value is -1.63. The molecule has 0 aliphatic carbocycles. The molecule has 7 nitrogen and oxygen atoms in total. The van der Waals surface area contributed by atoms with Crippen LogP contribution in [0.2, 0.25) is 0 Å². The Bertz CT molecular complexity index is 458. The maximum atomic E-state index is 12.4. The van der Waals surface area contributed by atoms with Gasteiger partial charge in [0, 0.05) is 13.0 Å². The standard InChI is InChI=1S/C14H23N3O4/c1-14(2,3)21-13(20)10-5-4-8-16-11(18)7-6-9(15)12(19)17(10)16/h9-10H,4-8,15H2,1-3H3/t9?,10-/m0/s1. The summed E-state index contributed by atoms with van der Waals surface area (Å²) in [6.45, 7) is 5.75. The molecule has 0 aromatic rings. The fourth-order valence-electron chi connectivity index (χ4n) is 2.64. The topological polar surface area (TPSA) is 92.9 Å². The van der Waals surface area contributed by atoms with E-state index < -0.39 is 23.7 Å². The van der Waals surface area contributed by atoms with Crippen molar-refractivity contribution in [2.75, 3.05) is 6.54 Å². The van der Waals surface area contributed by atoms with E-state index in [0.717, 1.165) is 0 Å². The van der Waals surface area contributed by atoms with Gasteiger partial charge in [-0.15, -0.1) is 0 Å². The average molecular weight is 297 g/mol. The molecule has 7 heteroatoms. The summed E-state index contributed by atoms with van der Waals surface area (Å²) in [4.78, 5) is 36.9. The summed E-state index contributed by atoms with van der Waals surface area (Å²) in [6.07, 6.45) is 1.68. The quantitative estimate of drug-likeness (QED) is 0.697. The van der Waals surface area contributed by atoms with Crippen molar-refractivity contribution >= 4 is 17.8 Å². The predicted octanol–water partition coefficient (Wildman–Crippen LogP) is 0.184. The van der Waals surface area contributed by atoms with Gasteiger partial charge in [-0.3, -0.25) is 14.6 Å². The monoisotopic (exact) mass is 297 g/mol. The van der Waals surface area contributed by atoms with Crippen LogP contribution in [0.15, 0.2) is 0 Å². The number of fused-ring (bicyclic) bond motifs is 1. The van der Waals surface area contributed by atoms with Gasteiger partial charge in [-0.1, -0.05) is 0 Å². The Kier molecular flexibility index (Phi) is 4.22. The second-order valence-electron chi connectivity index (χ2n) is 6.54. The normalized spacial score (nSPS) is 27.2. The van der Waals surface area contributed by atoms with E-state index in [9.17, 15) is 14.4 Å². The van der Waals surface area contributed by atoms with Crippen LogP contribution in [0.5, 0.6) is 0 Å². The van der Waals surface area contributed by atoms with Gasteiger partial charge in [0.05, 0.1) is 6.04 Å². The first kappa shape index (κ1) is 15.8. The molecule has 0 saturated carbocycles. The fourth-order valence-corrected chi connectivity index (χ4v) is 2.64. The highest BCUT2D eigenvalue weighted by Gasteiger charge is 2.44. The van der Waals surface area contributed by atoms with Gasteiger partial charge in [-0.05, 0) is 40.0 Å². The predicted molar refractivity (Wildman–Crippen MR) is 74.6 cm³/mol. The third-order valence-corrected chi connectivity index (χ3v) is 3.58. The van der Waals surface area contributed by atoms with Crippen molar-refractivity contribution in [1.29, 1.82) is 0 Å². The summed E-state index contributed by atoms with van der Waals surface area (Å²) < 4.78 is 5.37. The molecular formula is C14H23N3O4. The molecule has 0 spiro atoms. The minimum Gasteiger partial charge on any atom is -0.458 e. The zero-order valence-electron chi connectivity index (χ0n) is 12.8. The van der Waals surface area contributed by atoms with Crippen molar-refractivity contribution in [2.24, 2.45) is 5.73 Å². The van der Waals surface area contributed by atoms with Crippen LogP contribution < -0.4 is 5.73 Å². The van der Waals surface area contributed by atoms with Crippen molar-refractivity contribution in [2.45, 2.75) is 64.1 Å². The van der Waals surface area contributed by atoms with E-state index in [0.29, 0.717) is 25.8 Å². The minimum atomic E-state index is -0.765. The van der Waals surface area contributed by atoms with Gasteiger partial charge >= 0.3 is 5.97 Å². The molecule has 2 aliphatic rings. The van der Waals surface area contributed by atoms with Crippen LogP contribution in [0.3, 0.4) is 0 Å². The SMILES string of the molecule is CC(C)(C)OC(=O)[C@@H]1CCCN2C(=O)CCC(N)C(=O)N12. The van der Waals surface area contributed by atoms with Crippen molar-refractivity contribution in [3.63, 3.8) is 0 Å². The van der Waals surface area contributed by atoms with Gasteiger partial charge in [0.1, 0.15) is 5.60 Å². The van der Waals surface area contributed by atoms with Gasteiger partial charge in [0.25, 0.3) is 5.91 Å². The Morgan fingerprint density at radius 2 is 1.95 bits per heavy atom. The first-order valence-corrected chi connectivity index (χ1v) is 7.32. The summed E-state index contributed by atoms with van der Waals surface area (Å²) >= 11 is 0. The molecule has 0 radical (unpaired) electrons. The number of ether oxygens (including phenoxy) is 1. The zero-order valence-corrected chi connectivity index (χ0v) is 12.8. The minimum absolute atomic E-state index is 0.162. The third kappa shape index (κ3) is 3.34. The van der Waals surface area contributed by atoms with E-state index in [-0.39, 0.29) is 18.2 Å². The lowest BCUT2D eigenvalue weighted by molar-refractivity contribution is -0.187. The molecule has 2 N–H and O–H groups in total. The number of hydrogen-bond acceptors (Lipinski definition) is 5. The molecular weight excluding hydrogens is 274 g/mol. The van der Waals surface area contributed by atoms with Crippen molar-refractivity contribution in [3.05, 3.63) is 0 Å². The summed E-state index contributed by atoms with van der Waals surface area (Å²) in [5, 5.41) is 2.60. The van der Waals surface area contributed by atoms with Crippen LogP contribution in [-0.4, -0.2) is 52.0 Å². The Morgan fingerprint density at radius 3 is 2.57 bits per heavy atom. The molecule has 2 aliphatic heterocycles. The highest BCUT2D eigenvalue weighted by Crippen LogP contribution is 2.26. The number of carbonyl (C=O) groups excluding carboxylic acids is 3. The van der Waals surface area contributed by atoms with Crippen LogP contribution in [-0.2, 0) is 19.1 Å². The van der Waals surface area contributed by atoms with Gasteiger partial charge in [-0.25, -0.2) is 9.80 Å². The number of amides is 2. The van der Waals surface area contributed by atoms with E-state index >= 15 is 0 Å². The van der Waals surface area contributed by atoms with Gasteiger partial charge in [0.15, 0.2) is 6.04 Å². The average Bonchev–Trinajstić information content (AvgIpc) is 2.50. The summed E-state index contributed by atoms with van der Waals surface area (Å²) in [6, 6.07) is -1.51. The highest BCUT2D eigenvalue weighted by molar-refractivity contribution is 5.92. The van der Waals surface area contributed by atoms with E-state index in [1.165, 1.54) is 10.0 Å². The lowest BCUT2D eigenvalue weighted by atomic mass is 10.1. The van der Waals surface area contributed by atoms with E-state index in [4.69, 9.17) is 10.5 Å². The molecule has 1 unspecified atom stereocenters. The molecule has 2 amide bonds. The second-order valence-corrected chi connectivity index (χ2v) is 6.54. The van der Waals surface area contributed by atoms with Crippen LogP contribution >= 0.6 is 0 Å². The van der Waals surface area contributed by atoms with E-state index in [1.54, 1.807) is 20.8 Å². The van der Waals surface area contributed by atoms with Crippen LogP contribution in [0, 0.1) is 0 Å². The summed E-state index contributed by atoms with van der Waals surface area (Å²) in [7, 11) is 0. The lowest BCUT2D eigenvalue weighted by Gasteiger charge is -2.42. The summed E-state index contributed by atoms with van der Waals surface area (Å²) in [5.74, 6) is -1.02. The molecule has 118 valence electrons. The third-order valence-electron chi connectivity index (χ3n) is 3.58. The lowest BCUT2D eigenvalue weighted by Crippen LogP contribution is -2.62. The number of hydrazine groups is 1. The molecule has 21 heavy (non-hydrogen) atoms. The van der Waals surface area contributed by atoms with E-state index in [1.807, 2.05) is 0 Å². The maximum absolute atomic E-state index is 12.4. The fraction of sp³-hybridized carbons (Fsp3) is 0.786. The Labute approximate surface area is 124 Å². The number of esters is 1. The number of hydrogen-bond donors (Lipinski definition) is 1. The molecule has 2 heterocycles. The van der Waals surface area contributed by atoms with Gasteiger partial charge in [-0.2, -0.15) is 0 Å². The molecule has 2 saturated heterocycles. The smallest absolute Gasteiger partial charge is 0.331 e. The number of nitrogens with two attached hydrogens (primary N) is 1. The molecule has 0 bridgehead atoms. The molecule has 0 aromatic carbocycles. The molecule has 0 aromatic heterocycles. The second kappa shape index (κ2) is 5.63. The molecule has 2 fully saturated rings. The van der Waals surface area contributed by atoms with Crippen LogP contribution in [0.25, 0.3) is 0 Å². The highest BCUT2D eigenvalue weighted by atomic mass is 16.6. The number of rotatable bonds is 1. The zero-order chi connectivity index (χ0) is 15.8. The number of nitrogens with zero attached hydrogens (tertiary/aromatic N) is 2. The van der Waals surface area contributed by atoms with Crippen molar-refractivity contribution in [1.82, 2.24) is 10.0 Å². The Morgan fingerprint density at radius 1 is 1.29 bits per heavy atom. The maximum Gasteiger partial charge on any atom is 0.331 e. The first-order valence-electron chi connectivity index (χ1n) is 7.32. The van der Waals surface area contributed by atoms with Crippen LogP contribution in [0.4, 0.5) is 0 Å². The number of carbonyl (C=O) groups is 3. The first-order chi connectivity index (χ1) is 9.70. The largest absolute Gasteiger partial charge is 0.458 e. The molecule has 2 rings (SSSR count). The van der Waals surface area contributed by atoms with E-state index in [2.05, 4.69) is 0 Å².